The van der Waals surface area contributed by atoms with E-state index < -0.39 is 33.4 Å². The minimum atomic E-state index is -1.34. The fraction of sp³-hybridized carbons (Fsp3) is 0.680. The molecule has 0 fully saturated rings. The third-order valence-electron chi connectivity index (χ3n) is 7.83. The zero-order valence-electron chi connectivity index (χ0n) is 20.1. The van der Waals surface area contributed by atoms with Crippen molar-refractivity contribution in [1.29, 1.82) is 0 Å². The molecule has 2 aliphatic heterocycles. The van der Waals surface area contributed by atoms with Crippen LogP contribution in [0.1, 0.15) is 69.2 Å². The van der Waals surface area contributed by atoms with Crippen molar-refractivity contribution in [2.75, 3.05) is 0 Å². The van der Waals surface area contributed by atoms with Gasteiger partial charge in [-0.1, -0.05) is 13.8 Å². The van der Waals surface area contributed by atoms with Gasteiger partial charge in [-0.25, -0.2) is 0 Å². The fourth-order valence-electron chi connectivity index (χ4n) is 5.99. The predicted octanol–water partition coefficient (Wildman–Crippen LogP) is 3.93. The van der Waals surface area contributed by atoms with E-state index >= 15 is 0 Å². The Balaban J connectivity index is 2.07. The van der Waals surface area contributed by atoms with E-state index in [1.165, 1.54) is 0 Å². The molecule has 4 aliphatic rings. The molecule has 0 bridgehead atoms. The van der Waals surface area contributed by atoms with E-state index in [0.717, 1.165) is 0 Å². The van der Waals surface area contributed by atoms with Crippen molar-refractivity contribution in [3.8, 4) is 0 Å². The van der Waals surface area contributed by atoms with E-state index in [1.54, 1.807) is 55.4 Å². The predicted molar refractivity (Wildman–Crippen MR) is 112 cm³/mol. The van der Waals surface area contributed by atoms with Crippen molar-refractivity contribution < 1.29 is 28.7 Å². The highest BCUT2D eigenvalue weighted by atomic mass is 16.7. The number of carbonyl (C=O) groups excluding carboxylic acids is 4. The Morgan fingerprint density at radius 1 is 0.613 bits per heavy atom. The molecule has 6 heteroatoms. The molecule has 0 atom stereocenters. The number of ether oxygens (including phenoxy) is 2. The van der Waals surface area contributed by atoms with Gasteiger partial charge in [0.25, 0.3) is 5.79 Å². The van der Waals surface area contributed by atoms with Crippen molar-refractivity contribution in [3.05, 3.63) is 22.7 Å². The maximum absolute atomic E-state index is 13.7. The largest absolute Gasteiger partial charge is 0.454 e. The quantitative estimate of drug-likeness (QED) is 0.588. The van der Waals surface area contributed by atoms with Crippen molar-refractivity contribution in [1.82, 2.24) is 0 Å². The summed E-state index contributed by atoms with van der Waals surface area (Å²) in [5.41, 5.74) is -3.88. The summed E-state index contributed by atoms with van der Waals surface area (Å²) in [5.74, 6) is -2.87. The number of hydrogen-bond donors (Lipinski definition) is 0. The Kier molecular flexibility index (Phi) is 3.95. The lowest BCUT2D eigenvalue weighted by Crippen LogP contribution is -2.51. The molecule has 2 aliphatic carbocycles. The second kappa shape index (κ2) is 5.57. The Bertz CT molecular complexity index is 968. The average Bonchev–Trinajstić information content (AvgIpc) is 3.17. The summed E-state index contributed by atoms with van der Waals surface area (Å²) in [5, 5.41) is 0. The van der Waals surface area contributed by atoms with E-state index in [1.807, 2.05) is 13.8 Å². The van der Waals surface area contributed by atoms with Crippen LogP contribution in [-0.4, -0.2) is 28.9 Å². The summed E-state index contributed by atoms with van der Waals surface area (Å²) in [6.45, 7) is 17.3. The molecule has 0 aromatic rings. The smallest absolute Gasteiger partial charge is 0.263 e. The maximum atomic E-state index is 13.7. The van der Waals surface area contributed by atoms with Gasteiger partial charge < -0.3 is 9.47 Å². The van der Waals surface area contributed by atoms with Crippen LogP contribution in [0.2, 0.25) is 0 Å². The molecule has 0 unspecified atom stereocenters. The highest BCUT2D eigenvalue weighted by Crippen LogP contribution is 2.65. The van der Waals surface area contributed by atoms with Crippen LogP contribution in [0.5, 0.6) is 0 Å². The van der Waals surface area contributed by atoms with Gasteiger partial charge in [0, 0.05) is 5.92 Å². The molecule has 0 spiro atoms. The van der Waals surface area contributed by atoms with Gasteiger partial charge in [-0.3, -0.25) is 19.2 Å². The lowest BCUT2D eigenvalue weighted by molar-refractivity contribution is -0.220. The van der Waals surface area contributed by atoms with Gasteiger partial charge in [0.2, 0.25) is 0 Å². The summed E-state index contributed by atoms with van der Waals surface area (Å²) in [4.78, 5) is 53.8. The van der Waals surface area contributed by atoms with Gasteiger partial charge in [-0.15, -0.1) is 0 Å². The summed E-state index contributed by atoms with van der Waals surface area (Å²) in [6.07, 6.45) is 0. The number of allylic oxidation sites excluding steroid dienone is 2. The Morgan fingerprint density at radius 2 is 0.935 bits per heavy atom. The topological polar surface area (TPSA) is 86.7 Å². The Hall–Kier alpha value is -2.24. The molecular weight excluding hydrogens is 396 g/mol. The second-order valence-electron chi connectivity index (χ2n) is 11.8. The molecule has 0 aromatic carbocycles. The first-order valence-corrected chi connectivity index (χ1v) is 10.9. The number of Topliss-reactive ketones (excluding diaryl/α,β-unsaturated/α-hetero) is 4. The first-order chi connectivity index (χ1) is 13.9. The molecular formula is C25H32O6. The van der Waals surface area contributed by atoms with Crippen LogP contribution in [0.3, 0.4) is 0 Å². The summed E-state index contributed by atoms with van der Waals surface area (Å²) < 4.78 is 12.9. The number of hydrogen-bond acceptors (Lipinski definition) is 6. The SMILES string of the molecule is CC(C)C12OC3=C(C(=O)C(C)(C)C(=O)C3(C)C)C1C1=C(O2)C(C)(C)C(=O)C(C)(C)C1=O. The highest BCUT2D eigenvalue weighted by molar-refractivity contribution is 6.23. The second-order valence-corrected chi connectivity index (χ2v) is 11.8. The van der Waals surface area contributed by atoms with E-state index in [-0.39, 0.29) is 29.1 Å². The van der Waals surface area contributed by atoms with Crippen LogP contribution < -0.4 is 0 Å². The van der Waals surface area contributed by atoms with E-state index in [2.05, 4.69) is 0 Å². The lowest BCUT2D eigenvalue weighted by Gasteiger charge is -2.41. The normalized spacial score (nSPS) is 34.5. The van der Waals surface area contributed by atoms with E-state index in [0.29, 0.717) is 22.7 Å². The van der Waals surface area contributed by atoms with E-state index in [4.69, 9.17) is 9.47 Å². The van der Waals surface area contributed by atoms with Crippen molar-refractivity contribution in [2.45, 2.75) is 75.0 Å². The number of carbonyl (C=O) groups is 4. The molecule has 0 N–H and O–H groups in total. The molecule has 0 radical (unpaired) electrons. The van der Waals surface area contributed by atoms with Gasteiger partial charge in [0.05, 0.1) is 32.8 Å². The molecule has 168 valence electrons. The van der Waals surface area contributed by atoms with Gasteiger partial charge in [0.1, 0.15) is 17.4 Å². The summed E-state index contributed by atoms with van der Waals surface area (Å²) >= 11 is 0. The van der Waals surface area contributed by atoms with Gasteiger partial charge in [-0.05, 0) is 55.4 Å². The standard InChI is InChI=1S/C25H32O6/c1-11(2)25-14(12-15(26)21(3,4)19(28)23(7,8)17(12)30-25)13-16(27)22(5,6)20(29)24(9,10)18(13)31-25/h11,14H,1-10H3. The minimum Gasteiger partial charge on any atom is -0.454 e. The van der Waals surface area contributed by atoms with Crippen molar-refractivity contribution in [2.24, 2.45) is 33.5 Å². The zero-order chi connectivity index (χ0) is 23.7. The number of ketones is 4. The van der Waals surface area contributed by atoms with E-state index in [9.17, 15) is 19.2 Å². The van der Waals surface area contributed by atoms with Crippen LogP contribution in [0.25, 0.3) is 0 Å². The lowest BCUT2D eigenvalue weighted by atomic mass is 9.58. The van der Waals surface area contributed by atoms with Crippen LogP contribution >= 0.6 is 0 Å². The molecule has 0 saturated heterocycles. The van der Waals surface area contributed by atoms with Crippen LogP contribution in [-0.2, 0) is 28.7 Å². The Labute approximate surface area is 183 Å². The first-order valence-electron chi connectivity index (χ1n) is 10.9. The zero-order valence-corrected chi connectivity index (χ0v) is 20.1. The average molecular weight is 429 g/mol. The van der Waals surface area contributed by atoms with Crippen LogP contribution in [0, 0.1) is 33.5 Å². The molecule has 2 heterocycles. The molecule has 0 amide bonds. The Morgan fingerprint density at radius 3 is 1.23 bits per heavy atom. The fourth-order valence-corrected chi connectivity index (χ4v) is 5.99. The third kappa shape index (κ3) is 2.19. The molecule has 4 rings (SSSR count). The van der Waals surface area contributed by atoms with Crippen molar-refractivity contribution in [3.63, 3.8) is 0 Å². The number of fused-ring (bicyclic) bond motifs is 3. The maximum Gasteiger partial charge on any atom is 0.263 e. The summed E-state index contributed by atoms with van der Waals surface area (Å²) in [6, 6.07) is 0. The monoisotopic (exact) mass is 428 g/mol. The third-order valence-corrected chi connectivity index (χ3v) is 7.83. The van der Waals surface area contributed by atoms with Crippen LogP contribution in [0.15, 0.2) is 22.7 Å². The molecule has 0 saturated carbocycles. The molecule has 0 aromatic heterocycles. The number of rotatable bonds is 1. The van der Waals surface area contributed by atoms with Crippen molar-refractivity contribution >= 4 is 23.1 Å². The van der Waals surface area contributed by atoms with Gasteiger partial charge >= 0.3 is 0 Å². The highest BCUT2D eigenvalue weighted by Gasteiger charge is 2.72. The van der Waals surface area contributed by atoms with Gasteiger partial charge in [0.15, 0.2) is 23.1 Å². The van der Waals surface area contributed by atoms with Gasteiger partial charge in [-0.2, -0.15) is 0 Å². The first kappa shape index (κ1) is 22.0. The summed E-state index contributed by atoms with van der Waals surface area (Å²) in [7, 11) is 0. The molecule has 31 heavy (non-hydrogen) atoms. The van der Waals surface area contributed by atoms with Crippen LogP contribution in [0.4, 0.5) is 0 Å². The minimum absolute atomic E-state index is 0.220. The molecule has 6 nitrogen and oxygen atoms in total.